The molecule has 1 N–H and O–H groups in total. The van der Waals surface area contributed by atoms with Gasteiger partial charge in [-0.15, -0.1) is 10.2 Å². The van der Waals surface area contributed by atoms with Crippen LogP contribution in [0.25, 0.3) is 11.4 Å². The number of aromatic nitrogens is 3. The summed E-state index contributed by atoms with van der Waals surface area (Å²) in [5.74, 6) is 1.26. The summed E-state index contributed by atoms with van der Waals surface area (Å²) in [6, 6.07) is 16.1. The third-order valence-electron chi connectivity index (χ3n) is 5.03. The fraction of sp³-hybridized carbons (Fsp3) is 0.174. The van der Waals surface area contributed by atoms with Crippen LogP contribution in [0.5, 0.6) is 0 Å². The molecule has 0 bridgehead atoms. The number of nitro benzene ring substituents is 1. The fourth-order valence-electron chi connectivity index (χ4n) is 3.34. The number of hydrogen-bond acceptors (Lipinski definition) is 7. The molecule has 0 radical (unpaired) electrons. The fourth-order valence-corrected chi connectivity index (χ4v) is 4.08. The Kier molecular flexibility index (Phi) is 6.55. The van der Waals surface area contributed by atoms with E-state index in [4.69, 9.17) is 4.42 Å². The number of carbonyl (C=O) groups excluding carboxylic acids is 1. The van der Waals surface area contributed by atoms with Crippen molar-refractivity contribution in [1.29, 1.82) is 0 Å². The molecule has 0 fully saturated rings. The molecular weight excluding hydrogens is 442 g/mol. The summed E-state index contributed by atoms with van der Waals surface area (Å²) in [4.78, 5) is 23.0. The first-order valence-electron chi connectivity index (χ1n) is 10.1. The number of hydrogen-bond donors (Lipinski definition) is 1. The zero-order valence-electron chi connectivity index (χ0n) is 18.0. The van der Waals surface area contributed by atoms with Gasteiger partial charge in [0.2, 0.25) is 5.91 Å². The van der Waals surface area contributed by atoms with E-state index in [1.54, 1.807) is 13.2 Å². The number of aryl methyl sites for hydroxylation is 2. The SMILES string of the molecule is Cc1cc([N+](=O)[O-])ccc1NC(=O)CSc1nnc(-c2ccoc2C)n1Cc1ccccc1. The summed E-state index contributed by atoms with van der Waals surface area (Å²) in [5.41, 5.74) is 3.05. The van der Waals surface area contributed by atoms with Crippen molar-refractivity contribution in [2.24, 2.45) is 0 Å². The number of nitrogens with zero attached hydrogens (tertiary/aromatic N) is 4. The first kappa shape index (κ1) is 22.3. The van der Waals surface area contributed by atoms with Gasteiger partial charge < -0.3 is 9.73 Å². The highest BCUT2D eigenvalue weighted by atomic mass is 32.2. The van der Waals surface area contributed by atoms with Crippen LogP contribution in [-0.2, 0) is 11.3 Å². The van der Waals surface area contributed by atoms with E-state index in [1.807, 2.05) is 47.9 Å². The van der Waals surface area contributed by atoms with Crippen LogP contribution in [0.1, 0.15) is 16.9 Å². The lowest BCUT2D eigenvalue weighted by molar-refractivity contribution is -0.384. The lowest BCUT2D eigenvalue weighted by Gasteiger charge is -2.11. The van der Waals surface area contributed by atoms with Crippen molar-refractivity contribution < 1.29 is 14.1 Å². The Morgan fingerprint density at radius 3 is 2.61 bits per heavy atom. The molecule has 2 aromatic carbocycles. The Bertz CT molecular complexity index is 1300. The molecule has 0 atom stereocenters. The molecule has 0 aliphatic heterocycles. The minimum atomic E-state index is -0.465. The van der Waals surface area contributed by atoms with Gasteiger partial charge in [-0.3, -0.25) is 19.5 Å². The molecule has 0 spiro atoms. The van der Waals surface area contributed by atoms with E-state index in [0.29, 0.717) is 28.8 Å². The van der Waals surface area contributed by atoms with Crippen molar-refractivity contribution >= 4 is 29.0 Å². The maximum Gasteiger partial charge on any atom is 0.269 e. The second kappa shape index (κ2) is 9.70. The molecule has 4 aromatic rings. The van der Waals surface area contributed by atoms with Crippen molar-refractivity contribution in [3.05, 3.63) is 87.9 Å². The van der Waals surface area contributed by atoms with Crippen LogP contribution in [0, 0.1) is 24.0 Å². The number of nitrogens with one attached hydrogen (secondary N) is 1. The van der Waals surface area contributed by atoms with E-state index < -0.39 is 4.92 Å². The molecular formula is C23H21N5O4S. The Morgan fingerprint density at radius 1 is 1.15 bits per heavy atom. The molecule has 10 heteroatoms. The van der Waals surface area contributed by atoms with Crippen molar-refractivity contribution in [1.82, 2.24) is 14.8 Å². The lowest BCUT2D eigenvalue weighted by atomic mass is 10.2. The molecule has 0 aliphatic rings. The zero-order chi connectivity index (χ0) is 23.4. The smallest absolute Gasteiger partial charge is 0.269 e. The van der Waals surface area contributed by atoms with E-state index in [1.165, 1.54) is 30.0 Å². The highest BCUT2D eigenvalue weighted by Gasteiger charge is 2.19. The standard InChI is InChI=1S/C23H21N5O4S/c1-15-12-18(28(30)31)8-9-20(15)24-21(29)14-33-23-26-25-22(19-10-11-32-16(19)2)27(23)13-17-6-4-3-5-7-17/h3-12H,13-14H2,1-2H3,(H,24,29). The van der Waals surface area contributed by atoms with Crippen LogP contribution in [0.2, 0.25) is 0 Å². The predicted molar refractivity (Wildman–Crippen MR) is 125 cm³/mol. The van der Waals surface area contributed by atoms with Crippen LogP contribution in [0.15, 0.2) is 70.4 Å². The first-order chi connectivity index (χ1) is 15.9. The van der Waals surface area contributed by atoms with Gasteiger partial charge in [-0.2, -0.15) is 0 Å². The van der Waals surface area contributed by atoms with Crippen molar-refractivity contribution in [2.45, 2.75) is 25.5 Å². The number of nitro groups is 1. The van der Waals surface area contributed by atoms with Crippen LogP contribution < -0.4 is 5.32 Å². The molecule has 168 valence electrons. The molecule has 2 heterocycles. The van der Waals surface area contributed by atoms with E-state index >= 15 is 0 Å². The molecule has 0 unspecified atom stereocenters. The number of anilines is 1. The minimum absolute atomic E-state index is 0.0176. The molecule has 0 saturated carbocycles. The summed E-state index contributed by atoms with van der Waals surface area (Å²) >= 11 is 1.27. The molecule has 0 aliphatic carbocycles. The van der Waals surface area contributed by atoms with Gasteiger partial charge in [0.05, 0.1) is 29.0 Å². The monoisotopic (exact) mass is 463 g/mol. The topological polar surface area (TPSA) is 116 Å². The highest BCUT2D eigenvalue weighted by molar-refractivity contribution is 7.99. The number of amides is 1. The Labute approximate surface area is 194 Å². The van der Waals surface area contributed by atoms with Crippen LogP contribution >= 0.6 is 11.8 Å². The summed E-state index contributed by atoms with van der Waals surface area (Å²) in [6.07, 6.45) is 1.61. The maximum absolute atomic E-state index is 12.6. The van der Waals surface area contributed by atoms with Crippen molar-refractivity contribution in [2.75, 3.05) is 11.1 Å². The van der Waals surface area contributed by atoms with E-state index in [2.05, 4.69) is 15.5 Å². The minimum Gasteiger partial charge on any atom is -0.469 e. The van der Waals surface area contributed by atoms with E-state index in [-0.39, 0.29) is 17.3 Å². The lowest BCUT2D eigenvalue weighted by Crippen LogP contribution is -2.15. The van der Waals surface area contributed by atoms with Gasteiger partial charge >= 0.3 is 0 Å². The third-order valence-corrected chi connectivity index (χ3v) is 5.99. The molecule has 1 amide bonds. The molecule has 4 rings (SSSR count). The number of carbonyl (C=O) groups is 1. The van der Waals surface area contributed by atoms with Gasteiger partial charge in [0, 0.05) is 17.8 Å². The second-order valence-corrected chi connectivity index (χ2v) is 8.30. The van der Waals surface area contributed by atoms with Crippen LogP contribution in [0.4, 0.5) is 11.4 Å². The van der Waals surface area contributed by atoms with Gasteiger partial charge in [0.15, 0.2) is 11.0 Å². The summed E-state index contributed by atoms with van der Waals surface area (Å²) in [5, 5.41) is 23.0. The molecule has 9 nitrogen and oxygen atoms in total. The predicted octanol–water partition coefficient (Wildman–Crippen LogP) is 4.84. The number of benzene rings is 2. The number of rotatable bonds is 8. The zero-order valence-corrected chi connectivity index (χ0v) is 18.8. The highest BCUT2D eigenvalue weighted by Crippen LogP contribution is 2.28. The van der Waals surface area contributed by atoms with Crippen molar-refractivity contribution in [3.8, 4) is 11.4 Å². The van der Waals surface area contributed by atoms with Gasteiger partial charge in [-0.05, 0) is 37.1 Å². The van der Waals surface area contributed by atoms with Gasteiger partial charge in [-0.25, -0.2) is 0 Å². The van der Waals surface area contributed by atoms with E-state index in [9.17, 15) is 14.9 Å². The molecule has 0 saturated heterocycles. The number of furan rings is 1. The second-order valence-electron chi connectivity index (χ2n) is 7.36. The van der Waals surface area contributed by atoms with Gasteiger partial charge in [-0.1, -0.05) is 42.1 Å². The summed E-state index contributed by atoms with van der Waals surface area (Å²) in [7, 11) is 0. The average molecular weight is 464 g/mol. The van der Waals surface area contributed by atoms with Gasteiger partial charge in [0.25, 0.3) is 5.69 Å². The summed E-state index contributed by atoms with van der Waals surface area (Å²) in [6.45, 7) is 4.12. The number of thioether (sulfide) groups is 1. The third kappa shape index (κ3) is 5.12. The summed E-state index contributed by atoms with van der Waals surface area (Å²) < 4.78 is 7.40. The van der Waals surface area contributed by atoms with Crippen LogP contribution in [0.3, 0.4) is 0 Å². The van der Waals surface area contributed by atoms with Gasteiger partial charge in [0.1, 0.15) is 5.76 Å². The van der Waals surface area contributed by atoms with E-state index in [0.717, 1.165) is 16.9 Å². The maximum atomic E-state index is 12.6. The Morgan fingerprint density at radius 2 is 1.94 bits per heavy atom. The first-order valence-corrected chi connectivity index (χ1v) is 11.1. The average Bonchev–Trinajstić information content (AvgIpc) is 3.39. The van der Waals surface area contributed by atoms with Crippen LogP contribution in [-0.4, -0.2) is 31.3 Å². The Balaban J connectivity index is 1.52. The Hall–Kier alpha value is -3.92. The quantitative estimate of drug-likeness (QED) is 0.226. The molecule has 2 aromatic heterocycles. The molecule has 33 heavy (non-hydrogen) atoms. The van der Waals surface area contributed by atoms with Crippen molar-refractivity contribution in [3.63, 3.8) is 0 Å². The number of non-ortho nitro benzene ring substituents is 1. The normalized spacial score (nSPS) is 10.8. The largest absolute Gasteiger partial charge is 0.469 e.